The Morgan fingerprint density at radius 3 is 2.25 bits per heavy atom. The van der Waals surface area contributed by atoms with Gasteiger partial charge in [0, 0.05) is 13.1 Å². The van der Waals surface area contributed by atoms with E-state index in [-0.39, 0.29) is 23.4 Å². The Morgan fingerprint density at radius 2 is 1.64 bits per heavy atom. The Bertz CT molecular complexity index is 954. The number of amides is 2. The monoisotopic (exact) mass is 403 g/mol. The highest BCUT2D eigenvalue weighted by atomic mass is 32.2. The van der Waals surface area contributed by atoms with Crippen molar-refractivity contribution < 1.29 is 18.0 Å². The SMILES string of the molecule is Cc1ccc(S(=O)(=O)N(C)CC(=O)Nc2ccccc2C(=O)NC(C)C)cc1. The molecule has 0 atom stereocenters. The number of carbonyl (C=O) groups excluding carboxylic acids is 2. The van der Waals surface area contributed by atoms with Crippen molar-refractivity contribution in [3.63, 3.8) is 0 Å². The first-order valence-electron chi connectivity index (χ1n) is 8.84. The summed E-state index contributed by atoms with van der Waals surface area (Å²) in [7, 11) is -2.45. The topological polar surface area (TPSA) is 95.6 Å². The molecule has 0 aliphatic rings. The van der Waals surface area contributed by atoms with Crippen LogP contribution in [0.3, 0.4) is 0 Å². The highest BCUT2D eigenvalue weighted by molar-refractivity contribution is 7.89. The highest BCUT2D eigenvalue weighted by Crippen LogP contribution is 2.17. The van der Waals surface area contributed by atoms with Crippen LogP contribution in [0.2, 0.25) is 0 Å². The molecule has 0 bridgehead atoms. The highest BCUT2D eigenvalue weighted by Gasteiger charge is 2.23. The lowest BCUT2D eigenvalue weighted by Crippen LogP contribution is -2.35. The van der Waals surface area contributed by atoms with E-state index in [9.17, 15) is 18.0 Å². The molecule has 0 saturated heterocycles. The second-order valence-electron chi connectivity index (χ2n) is 6.80. The van der Waals surface area contributed by atoms with Crippen molar-refractivity contribution in [1.29, 1.82) is 0 Å². The quantitative estimate of drug-likeness (QED) is 0.742. The Labute approximate surface area is 165 Å². The van der Waals surface area contributed by atoms with Gasteiger partial charge in [0.2, 0.25) is 15.9 Å². The van der Waals surface area contributed by atoms with E-state index >= 15 is 0 Å². The van der Waals surface area contributed by atoms with Gasteiger partial charge in [-0.05, 0) is 45.0 Å². The van der Waals surface area contributed by atoms with Gasteiger partial charge < -0.3 is 10.6 Å². The zero-order chi connectivity index (χ0) is 20.9. The molecule has 2 aromatic carbocycles. The Balaban J connectivity index is 2.12. The molecule has 2 aromatic rings. The minimum absolute atomic E-state index is 0.0537. The van der Waals surface area contributed by atoms with Crippen LogP contribution in [0.15, 0.2) is 53.4 Å². The predicted octanol–water partition coefficient (Wildman–Crippen LogP) is 2.39. The molecule has 28 heavy (non-hydrogen) atoms. The van der Waals surface area contributed by atoms with Crippen molar-refractivity contribution >= 4 is 27.5 Å². The van der Waals surface area contributed by atoms with Gasteiger partial charge in [0.1, 0.15) is 0 Å². The molecule has 0 fully saturated rings. The molecule has 0 heterocycles. The number of nitrogens with one attached hydrogen (secondary N) is 2. The standard InChI is InChI=1S/C20H25N3O4S/c1-14(2)21-20(25)17-7-5-6-8-18(17)22-19(24)13-23(4)28(26,27)16-11-9-15(3)10-12-16/h5-12,14H,13H2,1-4H3,(H,21,25)(H,22,24). The number of benzene rings is 2. The molecule has 0 unspecified atom stereocenters. The largest absolute Gasteiger partial charge is 0.350 e. The molecule has 0 spiro atoms. The molecule has 0 saturated carbocycles. The first kappa shape index (κ1) is 21.6. The molecule has 0 aliphatic heterocycles. The van der Waals surface area contributed by atoms with Crippen LogP contribution in [0.25, 0.3) is 0 Å². The van der Waals surface area contributed by atoms with Gasteiger partial charge in [-0.3, -0.25) is 9.59 Å². The van der Waals surface area contributed by atoms with E-state index in [1.54, 1.807) is 36.4 Å². The lowest BCUT2D eigenvalue weighted by Gasteiger charge is -2.18. The summed E-state index contributed by atoms with van der Waals surface area (Å²) in [5.41, 5.74) is 1.58. The number of carbonyl (C=O) groups is 2. The third-order valence-electron chi connectivity index (χ3n) is 3.96. The van der Waals surface area contributed by atoms with Crippen molar-refractivity contribution in [2.75, 3.05) is 18.9 Å². The summed E-state index contributed by atoms with van der Waals surface area (Å²) in [4.78, 5) is 24.8. The summed E-state index contributed by atoms with van der Waals surface area (Å²) in [6.45, 7) is 5.16. The van der Waals surface area contributed by atoms with Crippen molar-refractivity contribution in [3.8, 4) is 0 Å². The van der Waals surface area contributed by atoms with E-state index in [1.807, 2.05) is 20.8 Å². The van der Waals surface area contributed by atoms with Gasteiger partial charge in [-0.1, -0.05) is 29.8 Å². The normalized spacial score (nSPS) is 11.5. The summed E-state index contributed by atoms with van der Waals surface area (Å²) in [6.07, 6.45) is 0. The summed E-state index contributed by atoms with van der Waals surface area (Å²) >= 11 is 0. The molecule has 0 aliphatic carbocycles. The molecule has 7 nitrogen and oxygen atoms in total. The molecular formula is C20H25N3O4S. The molecule has 150 valence electrons. The first-order chi connectivity index (χ1) is 13.1. The van der Waals surface area contributed by atoms with Crippen LogP contribution in [0.4, 0.5) is 5.69 Å². The number of aryl methyl sites for hydroxylation is 1. The van der Waals surface area contributed by atoms with E-state index in [1.165, 1.54) is 19.2 Å². The molecule has 2 amide bonds. The lowest BCUT2D eigenvalue weighted by molar-refractivity contribution is -0.116. The molecule has 2 rings (SSSR count). The fourth-order valence-corrected chi connectivity index (χ4v) is 3.62. The number of rotatable bonds is 7. The Hall–Kier alpha value is -2.71. The fraction of sp³-hybridized carbons (Fsp3) is 0.300. The number of likely N-dealkylation sites (N-methyl/N-ethyl adjacent to an activating group) is 1. The average Bonchev–Trinajstić information content (AvgIpc) is 2.61. The van der Waals surface area contributed by atoms with Crippen LogP contribution in [-0.4, -0.2) is 44.2 Å². The second kappa shape index (κ2) is 8.99. The maximum Gasteiger partial charge on any atom is 0.253 e. The molecule has 0 aromatic heterocycles. The van der Waals surface area contributed by atoms with E-state index in [4.69, 9.17) is 0 Å². The molecular weight excluding hydrogens is 378 g/mol. The first-order valence-corrected chi connectivity index (χ1v) is 10.3. The van der Waals surface area contributed by atoms with Crippen LogP contribution in [0.1, 0.15) is 29.8 Å². The average molecular weight is 404 g/mol. The van der Waals surface area contributed by atoms with Gasteiger partial charge in [-0.2, -0.15) is 4.31 Å². The molecule has 0 radical (unpaired) electrons. The van der Waals surface area contributed by atoms with Gasteiger partial charge in [0.15, 0.2) is 0 Å². The number of sulfonamides is 1. The summed E-state index contributed by atoms with van der Waals surface area (Å²) in [5, 5.41) is 5.39. The number of nitrogens with zero attached hydrogens (tertiary/aromatic N) is 1. The number of anilines is 1. The number of hydrogen-bond acceptors (Lipinski definition) is 4. The number of para-hydroxylation sites is 1. The van der Waals surface area contributed by atoms with Crippen LogP contribution in [0, 0.1) is 6.92 Å². The lowest BCUT2D eigenvalue weighted by atomic mass is 10.1. The maximum absolute atomic E-state index is 12.6. The minimum Gasteiger partial charge on any atom is -0.350 e. The molecule has 2 N–H and O–H groups in total. The van der Waals surface area contributed by atoms with Crippen LogP contribution in [-0.2, 0) is 14.8 Å². The zero-order valence-electron chi connectivity index (χ0n) is 16.4. The van der Waals surface area contributed by atoms with E-state index in [0.717, 1.165) is 9.87 Å². The van der Waals surface area contributed by atoms with Gasteiger partial charge in [-0.25, -0.2) is 8.42 Å². The summed E-state index contributed by atoms with van der Waals surface area (Å²) in [6, 6.07) is 12.9. The smallest absolute Gasteiger partial charge is 0.253 e. The van der Waals surface area contributed by atoms with Gasteiger partial charge in [0.25, 0.3) is 5.91 Å². The molecule has 8 heteroatoms. The van der Waals surface area contributed by atoms with Crippen LogP contribution < -0.4 is 10.6 Å². The van der Waals surface area contributed by atoms with Crippen molar-refractivity contribution in [3.05, 3.63) is 59.7 Å². The third kappa shape index (κ3) is 5.40. The number of hydrogen-bond donors (Lipinski definition) is 2. The van der Waals surface area contributed by atoms with Gasteiger partial charge in [-0.15, -0.1) is 0 Å². The van der Waals surface area contributed by atoms with Crippen LogP contribution >= 0.6 is 0 Å². The van der Waals surface area contributed by atoms with Crippen molar-refractivity contribution in [2.24, 2.45) is 0 Å². The van der Waals surface area contributed by atoms with Crippen molar-refractivity contribution in [2.45, 2.75) is 31.7 Å². The second-order valence-corrected chi connectivity index (χ2v) is 8.84. The summed E-state index contributed by atoms with van der Waals surface area (Å²) in [5.74, 6) is -0.852. The zero-order valence-corrected chi connectivity index (χ0v) is 17.2. The predicted molar refractivity (Wildman–Crippen MR) is 109 cm³/mol. The van der Waals surface area contributed by atoms with E-state index < -0.39 is 15.9 Å². The third-order valence-corrected chi connectivity index (χ3v) is 5.78. The van der Waals surface area contributed by atoms with E-state index in [2.05, 4.69) is 10.6 Å². The minimum atomic E-state index is -3.79. The summed E-state index contributed by atoms with van der Waals surface area (Å²) < 4.78 is 26.2. The fourth-order valence-electron chi connectivity index (χ4n) is 2.50. The van der Waals surface area contributed by atoms with Gasteiger partial charge in [0.05, 0.1) is 22.7 Å². The van der Waals surface area contributed by atoms with E-state index in [0.29, 0.717) is 11.3 Å². The Kier molecular flexibility index (Phi) is 6.93. The van der Waals surface area contributed by atoms with Gasteiger partial charge >= 0.3 is 0 Å². The van der Waals surface area contributed by atoms with Crippen molar-refractivity contribution in [1.82, 2.24) is 9.62 Å². The van der Waals surface area contributed by atoms with Crippen LogP contribution in [0.5, 0.6) is 0 Å². The maximum atomic E-state index is 12.6. The Morgan fingerprint density at radius 1 is 1.04 bits per heavy atom.